The molecule has 0 saturated heterocycles. The predicted molar refractivity (Wildman–Crippen MR) is 138 cm³/mol. The second-order valence-corrected chi connectivity index (χ2v) is 8.37. The summed E-state index contributed by atoms with van der Waals surface area (Å²) in [6.07, 6.45) is 3.02. The number of carboxylic acid groups (broad SMARTS) is 1. The first-order valence-corrected chi connectivity index (χ1v) is 12.0. The first-order chi connectivity index (χ1) is 17.4. The minimum atomic E-state index is -1.07. The van der Waals surface area contributed by atoms with Gasteiger partial charge in [-0.05, 0) is 65.1 Å². The molecule has 0 aliphatic heterocycles. The number of anilines is 2. The smallest absolute Gasteiger partial charge is 0.341 e. The number of carboxylic acids is 1. The van der Waals surface area contributed by atoms with Crippen molar-refractivity contribution >= 4 is 28.5 Å². The highest BCUT2D eigenvalue weighted by molar-refractivity contribution is 5.92. The number of hydrogen-bond donors (Lipinski definition) is 4. The highest BCUT2D eigenvalue weighted by Gasteiger charge is 2.16. The number of H-pyrrole nitrogens is 1. The average Bonchev–Trinajstić information content (AvgIpc) is 3.23. The molecule has 11 heteroatoms. The Bertz CT molecular complexity index is 1140. The third kappa shape index (κ3) is 7.80. The lowest BCUT2D eigenvalue weighted by Crippen LogP contribution is -2.22. The third-order valence-electron chi connectivity index (χ3n) is 5.38. The minimum absolute atomic E-state index is 0.319. The maximum absolute atomic E-state index is 11.1. The van der Waals surface area contributed by atoms with Crippen LogP contribution < -0.4 is 20.1 Å². The van der Waals surface area contributed by atoms with Gasteiger partial charge in [0.2, 0.25) is 0 Å². The SMILES string of the molecule is CCOCCOc1ccc(Nc2nc(C)nc3[nH]cc(CN(C)CCCNC)c23)cc1OCC(=O)O. The second kappa shape index (κ2) is 13.6. The van der Waals surface area contributed by atoms with Crippen LogP contribution in [0.3, 0.4) is 0 Å². The molecule has 1 aromatic carbocycles. The van der Waals surface area contributed by atoms with Gasteiger partial charge in [-0.2, -0.15) is 0 Å². The van der Waals surface area contributed by atoms with E-state index in [0.29, 0.717) is 48.6 Å². The summed E-state index contributed by atoms with van der Waals surface area (Å²) in [5, 5.41) is 16.5. The van der Waals surface area contributed by atoms with Crippen LogP contribution in [0.1, 0.15) is 24.7 Å². The highest BCUT2D eigenvalue weighted by atomic mass is 16.5. The molecule has 0 radical (unpaired) electrons. The summed E-state index contributed by atoms with van der Waals surface area (Å²) in [4.78, 5) is 25.8. The number of aromatic amines is 1. The third-order valence-corrected chi connectivity index (χ3v) is 5.38. The topological polar surface area (TPSA) is 134 Å². The molecule has 0 fully saturated rings. The van der Waals surface area contributed by atoms with Crippen molar-refractivity contribution in [2.75, 3.05) is 58.9 Å². The van der Waals surface area contributed by atoms with Crippen molar-refractivity contribution in [1.82, 2.24) is 25.2 Å². The van der Waals surface area contributed by atoms with E-state index >= 15 is 0 Å². The Morgan fingerprint density at radius 2 is 2.03 bits per heavy atom. The molecule has 2 aromatic heterocycles. The number of fused-ring (bicyclic) bond motifs is 1. The van der Waals surface area contributed by atoms with E-state index in [2.05, 4.69) is 37.5 Å². The molecule has 11 nitrogen and oxygen atoms in total. The van der Waals surface area contributed by atoms with Crippen LogP contribution in [-0.4, -0.2) is 84.5 Å². The number of aryl methyl sites for hydroxylation is 1. The number of nitrogens with one attached hydrogen (secondary N) is 3. The molecule has 0 aliphatic rings. The monoisotopic (exact) mass is 500 g/mol. The molecule has 4 N–H and O–H groups in total. The Morgan fingerprint density at radius 3 is 2.78 bits per heavy atom. The number of ether oxygens (including phenoxy) is 3. The van der Waals surface area contributed by atoms with Crippen LogP contribution in [0.15, 0.2) is 24.4 Å². The van der Waals surface area contributed by atoms with Crippen molar-refractivity contribution in [3.05, 3.63) is 35.8 Å². The lowest BCUT2D eigenvalue weighted by molar-refractivity contribution is -0.139. The first kappa shape index (κ1) is 27.2. The fourth-order valence-electron chi connectivity index (χ4n) is 3.77. The molecular weight excluding hydrogens is 464 g/mol. The van der Waals surface area contributed by atoms with Gasteiger partial charge in [-0.15, -0.1) is 0 Å². The van der Waals surface area contributed by atoms with Crippen LogP contribution in [0, 0.1) is 6.92 Å². The Balaban J connectivity index is 1.85. The molecule has 2 heterocycles. The van der Waals surface area contributed by atoms with Crippen LogP contribution in [0.2, 0.25) is 0 Å². The van der Waals surface area contributed by atoms with Crippen molar-refractivity contribution in [1.29, 1.82) is 0 Å². The van der Waals surface area contributed by atoms with E-state index in [1.807, 2.05) is 33.2 Å². The van der Waals surface area contributed by atoms with Crippen molar-refractivity contribution in [3.8, 4) is 11.5 Å². The van der Waals surface area contributed by atoms with Gasteiger partial charge in [0.15, 0.2) is 18.1 Å². The molecule has 0 saturated carbocycles. The van der Waals surface area contributed by atoms with Crippen LogP contribution in [0.5, 0.6) is 11.5 Å². The molecule has 0 unspecified atom stereocenters. The summed E-state index contributed by atoms with van der Waals surface area (Å²) in [6.45, 7) is 7.26. The van der Waals surface area contributed by atoms with Gasteiger partial charge in [-0.3, -0.25) is 0 Å². The number of aromatic nitrogens is 3. The standard InChI is InChI=1S/C25H36N6O5/c1-5-34-11-12-35-20-8-7-19(13-21(20)36-16-22(32)33)30-25-23-18(15-31(4)10-6-9-26-3)14-27-24(23)28-17(2)29-25/h7-8,13-14,26H,5-6,9-12,15-16H2,1-4H3,(H,32,33)(H2,27,28,29,30). The quantitative estimate of drug-likeness (QED) is 0.218. The molecule has 0 spiro atoms. The van der Waals surface area contributed by atoms with E-state index in [0.717, 1.165) is 42.7 Å². The van der Waals surface area contributed by atoms with Crippen LogP contribution in [-0.2, 0) is 16.1 Å². The highest BCUT2D eigenvalue weighted by Crippen LogP contribution is 2.34. The van der Waals surface area contributed by atoms with Gasteiger partial charge in [0, 0.05) is 31.1 Å². The number of benzene rings is 1. The second-order valence-electron chi connectivity index (χ2n) is 8.37. The van der Waals surface area contributed by atoms with Gasteiger partial charge in [0.25, 0.3) is 0 Å². The van der Waals surface area contributed by atoms with Gasteiger partial charge in [0.1, 0.15) is 23.9 Å². The van der Waals surface area contributed by atoms with Crippen molar-refractivity contribution in [2.24, 2.45) is 0 Å². The average molecular weight is 501 g/mol. The predicted octanol–water partition coefficient (Wildman–Crippen LogP) is 2.93. The van der Waals surface area contributed by atoms with Crippen molar-refractivity contribution in [3.63, 3.8) is 0 Å². The zero-order valence-electron chi connectivity index (χ0n) is 21.4. The maximum Gasteiger partial charge on any atom is 0.341 e. The van der Waals surface area contributed by atoms with E-state index in [4.69, 9.17) is 19.3 Å². The van der Waals surface area contributed by atoms with Crippen molar-refractivity contribution in [2.45, 2.75) is 26.8 Å². The normalized spacial score (nSPS) is 11.2. The van der Waals surface area contributed by atoms with Gasteiger partial charge in [0.05, 0.1) is 12.0 Å². The number of aliphatic carboxylic acids is 1. The van der Waals surface area contributed by atoms with E-state index < -0.39 is 12.6 Å². The summed E-state index contributed by atoms with van der Waals surface area (Å²) >= 11 is 0. The largest absolute Gasteiger partial charge is 0.487 e. The zero-order chi connectivity index (χ0) is 25.9. The van der Waals surface area contributed by atoms with Crippen LogP contribution in [0.4, 0.5) is 11.5 Å². The summed E-state index contributed by atoms with van der Waals surface area (Å²) in [6, 6.07) is 5.28. The van der Waals surface area contributed by atoms with Gasteiger partial charge in [-0.25, -0.2) is 14.8 Å². The summed E-state index contributed by atoms with van der Waals surface area (Å²) in [5.41, 5.74) is 2.51. The van der Waals surface area contributed by atoms with Crippen molar-refractivity contribution < 1.29 is 24.1 Å². The lowest BCUT2D eigenvalue weighted by atomic mass is 10.2. The molecule has 0 atom stereocenters. The fraction of sp³-hybridized carbons (Fsp3) is 0.480. The van der Waals surface area contributed by atoms with E-state index in [1.54, 1.807) is 12.1 Å². The number of hydrogen-bond acceptors (Lipinski definition) is 9. The number of nitrogens with zero attached hydrogens (tertiary/aromatic N) is 3. The maximum atomic E-state index is 11.1. The lowest BCUT2D eigenvalue weighted by Gasteiger charge is -2.17. The minimum Gasteiger partial charge on any atom is -0.487 e. The van der Waals surface area contributed by atoms with E-state index in [1.165, 1.54) is 0 Å². The fourth-order valence-corrected chi connectivity index (χ4v) is 3.77. The first-order valence-electron chi connectivity index (χ1n) is 12.0. The van der Waals surface area contributed by atoms with Gasteiger partial charge in [-0.1, -0.05) is 0 Å². The van der Waals surface area contributed by atoms with E-state index in [-0.39, 0.29) is 0 Å². The Labute approximate surface area is 211 Å². The zero-order valence-corrected chi connectivity index (χ0v) is 21.4. The Morgan fingerprint density at radius 1 is 1.19 bits per heavy atom. The van der Waals surface area contributed by atoms with Gasteiger partial charge < -0.3 is 39.8 Å². The van der Waals surface area contributed by atoms with E-state index in [9.17, 15) is 4.79 Å². The summed E-state index contributed by atoms with van der Waals surface area (Å²) < 4.78 is 16.6. The number of rotatable bonds is 16. The van der Waals surface area contributed by atoms with Crippen LogP contribution >= 0.6 is 0 Å². The Hall–Kier alpha value is -3.41. The molecule has 0 bridgehead atoms. The molecule has 3 aromatic rings. The molecule has 36 heavy (non-hydrogen) atoms. The summed E-state index contributed by atoms with van der Waals surface area (Å²) in [7, 11) is 4.04. The molecular formula is C25H36N6O5. The molecule has 3 rings (SSSR count). The van der Waals surface area contributed by atoms with Gasteiger partial charge >= 0.3 is 5.97 Å². The molecule has 0 aliphatic carbocycles. The number of carbonyl (C=O) groups is 1. The molecule has 0 amide bonds. The van der Waals surface area contributed by atoms with Crippen LogP contribution in [0.25, 0.3) is 11.0 Å². The Kier molecular flexibility index (Phi) is 10.3. The summed E-state index contributed by atoms with van der Waals surface area (Å²) in [5.74, 6) is 0.971. The molecule has 196 valence electrons.